The van der Waals surface area contributed by atoms with Gasteiger partial charge in [0, 0.05) is 29.7 Å². The van der Waals surface area contributed by atoms with Gasteiger partial charge >= 0.3 is 0 Å². The van der Waals surface area contributed by atoms with Gasteiger partial charge in [0.05, 0.1) is 24.2 Å². The molecule has 0 saturated carbocycles. The lowest BCUT2D eigenvalue weighted by molar-refractivity contribution is 0.180. The second-order valence-corrected chi connectivity index (χ2v) is 6.05. The van der Waals surface area contributed by atoms with E-state index in [9.17, 15) is 4.79 Å². The number of pyridine rings is 1. The number of benzene rings is 1. The van der Waals surface area contributed by atoms with Gasteiger partial charge in [0.15, 0.2) is 5.43 Å². The third kappa shape index (κ3) is 1.68. The molecule has 1 aliphatic carbocycles. The lowest BCUT2D eigenvalue weighted by Crippen LogP contribution is -2.38. The Hall–Kier alpha value is -2.12. The molecule has 1 aromatic heterocycles. The average molecular weight is 279 g/mol. The van der Waals surface area contributed by atoms with E-state index in [1.54, 1.807) is 0 Å². The molecule has 2 heterocycles. The summed E-state index contributed by atoms with van der Waals surface area (Å²) >= 11 is 0. The number of fused-ring (bicyclic) bond motifs is 2. The van der Waals surface area contributed by atoms with E-state index in [2.05, 4.69) is 27.7 Å². The third-order valence-electron chi connectivity index (χ3n) is 4.87. The van der Waals surface area contributed by atoms with Crippen molar-refractivity contribution in [1.29, 1.82) is 5.26 Å². The minimum absolute atomic E-state index is 0.196. The van der Waals surface area contributed by atoms with Crippen molar-refractivity contribution in [3.8, 4) is 6.07 Å². The number of nitriles is 1. The number of aryl methyl sites for hydroxylation is 1. The van der Waals surface area contributed by atoms with Gasteiger partial charge < -0.3 is 4.57 Å². The molecule has 4 nitrogen and oxygen atoms in total. The molecule has 0 saturated heterocycles. The number of hydrogen-bond donors (Lipinski definition) is 0. The number of hydrogen-bond acceptors (Lipinski definition) is 3. The first-order chi connectivity index (χ1) is 10.2. The van der Waals surface area contributed by atoms with Gasteiger partial charge in [-0.2, -0.15) is 5.26 Å². The van der Waals surface area contributed by atoms with Crippen LogP contribution < -0.4 is 5.43 Å². The van der Waals surface area contributed by atoms with Gasteiger partial charge in [-0.15, -0.1) is 0 Å². The Labute approximate surface area is 123 Å². The van der Waals surface area contributed by atoms with Crippen molar-refractivity contribution in [2.45, 2.75) is 32.4 Å². The van der Waals surface area contributed by atoms with Gasteiger partial charge in [-0.1, -0.05) is 11.6 Å². The molecule has 106 valence electrons. The molecule has 0 fully saturated rings. The van der Waals surface area contributed by atoms with Crippen molar-refractivity contribution in [2.24, 2.45) is 0 Å². The molecule has 2 aliphatic rings. The smallest absolute Gasteiger partial charge is 0.192 e. The number of aromatic nitrogens is 1. The summed E-state index contributed by atoms with van der Waals surface area (Å²) in [5, 5.41) is 9.84. The summed E-state index contributed by atoms with van der Waals surface area (Å²) in [4.78, 5) is 15.0. The lowest BCUT2D eigenvalue weighted by Gasteiger charge is -2.35. The van der Waals surface area contributed by atoms with E-state index in [0.29, 0.717) is 6.54 Å². The molecule has 1 aromatic carbocycles. The summed E-state index contributed by atoms with van der Waals surface area (Å²) < 4.78 is 2.32. The minimum atomic E-state index is 0.196. The van der Waals surface area contributed by atoms with E-state index < -0.39 is 0 Å². The summed E-state index contributed by atoms with van der Waals surface area (Å²) in [5.74, 6) is 0. The number of nitrogens with zero attached hydrogens (tertiary/aromatic N) is 3. The van der Waals surface area contributed by atoms with E-state index in [0.717, 1.165) is 53.7 Å². The van der Waals surface area contributed by atoms with Gasteiger partial charge in [-0.3, -0.25) is 9.69 Å². The standard InChI is InChI=1S/C17H17N3O/c1-11-2-4-14-13(10-11)17(21)12-3-5-15-16(12)20(14)9-8-19(15)7-6-18/h2,4,10,15H,3,5,7-9H2,1H3/t15-/m0/s1. The van der Waals surface area contributed by atoms with Gasteiger partial charge in [0.1, 0.15) is 0 Å². The monoisotopic (exact) mass is 279 g/mol. The SMILES string of the molecule is Cc1ccc2c(c1)c(=O)c1c3n2CCN(CC#N)[C@H]3CC1. The van der Waals surface area contributed by atoms with Crippen molar-refractivity contribution in [3.05, 3.63) is 45.2 Å². The fourth-order valence-electron chi connectivity index (χ4n) is 3.94. The molecule has 0 spiro atoms. The van der Waals surface area contributed by atoms with E-state index in [-0.39, 0.29) is 11.5 Å². The molecular formula is C17H17N3O. The van der Waals surface area contributed by atoms with Crippen LogP contribution in [0.2, 0.25) is 0 Å². The first kappa shape index (κ1) is 12.6. The Bertz CT molecular complexity index is 844. The predicted octanol–water partition coefficient (Wildman–Crippen LogP) is 2.14. The fraction of sp³-hybridized carbons (Fsp3) is 0.412. The topological polar surface area (TPSA) is 49.0 Å². The zero-order chi connectivity index (χ0) is 14.6. The molecule has 0 bridgehead atoms. The molecule has 1 atom stereocenters. The van der Waals surface area contributed by atoms with Crippen LogP contribution in [0.5, 0.6) is 0 Å². The summed E-state index contributed by atoms with van der Waals surface area (Å²) in [6.07, 6.45) is 1.80. The van der Waals surface area contributed by atoms with Crippen LogP contribution in [0.1, 0.15) is 29.3 Å². The van der Waals surface area contributed by atoms with Crippen LogP contribution >= 0.6 is 0 Å². The van der Waals surface area contributed by atoms with Crippen molar-refractivity contribution in [3.63, 3.8) is 0 Å². The van der Waals surface area contributed by atoms with Crippen molar-refractivity contribution in [2.75, 3.05) is 13.1 Å². The fourth-order valence-corrected chi connectivity index (χ4v) is 3.94. The second kappa shape index (κ2) is 4.44. The molecule has 2 aromatic rings. The Balaban J connectivity index is 2.02. The molecule has 4 rings (SSSR count). The highest BCUT2D eigenvalue weighted by Gasteiger charge is 2.36. The van der Waals surface area contributed by atoms with Crippen LogP contribution in [-0.4, -0.2) is 22.6 Å². The maximum atomic E-state index is 12.8. The summed E-state index contributed by atoms with van der Waals surface area (Å²) in [7, 11) is 0. The zero-order valence-electron chi connectivity index (χ0n) is 12.1. The molecular weight excluding hydrogens is 262 g/mol. The van der Waals surface area contributed by atoms with Gasteiger partial charge in [-0.25, -0.2) is 0 Å². The first-order valence-corrected chi connectivity index (χ1v) is 7.47. The van der Waals surface area contributed by atoms with E-state index in [1.807, 2.05) is 13.0 Å². The van der Waals surface area contributed by atoms with Crippen molar-refractivity contribution in [1.82, 2.24) is 9.47 Å². The van der Waals surface area contributed by atoms with Crippen molar-refractivity contribution < 1.29 is 0 Å². The Morgan fingerprint density at radius 1 is 1.38 bits per heavy atom. The van der Waals surface area contributed by atoms with E-state index >= 15 is 0 Å². The van der Waals surface area contributed by atoms with Gasteiger partial charge in [0.25, 0.3) is 0 Å². The Kier molecular flexibility index (Phi) is 2.66. The summed E-state index contributed by atoms with van der Waals surface area (Å²) in [6.45, 7) is 4.22. The molecule has 0 radical (unpaired) electrons. The molecule has 0 amide bonds. The third-order valence-corrected chi connectivity index (χ3v) is 4.87. The van der Waals surface area contributed by atoms with E-state index in [4.69, 9.17) is 5.26 Å². The Morgan fingerprint density at radius 2 is 2.24 bits per heavy atom. The van der Waals surface area contributed by atoms with Crippen LogP contribution in [0.25, 0.3) is 10.9 Å². The molecule has 1 aliphatic heterocycles. The van der Waals surface area contributed by atoms with Crippen molar-refractivity contribution >= 4 is 10.9 Å². The van der Waals surface area contributed by atoms with Crippen LogP contribution in [0.15, 0.2) is 23.0 Å². The lowest BCUT2D eigenvalue weighted by atomic mass is 10.0. The summed E-state index contributed by atoms with van der Waals surface area (Å²) in [5.41, 5.74) is 4.51. The highest BCUT2D eigenvalue weighted by Crippen LogP contribution is 2.38. The van der Waals surface area contributed by atoms with Crippen LogP contribution in [-0.2, 0) is 13.0 Å². The summed E-state index contributed by atoms with van der Waals surface area (Å²) in [6, 6.07) is 8.65. The van der Waals surface area contributed by atoms with Crippen LogP contribution in [0.4, 0.5) is 0 Å². The normalized spacial score (nSPS) is 20.5. The molecule has 21 heavy (non-hydrogen) atoms. The Morgan fingerprint density at radius 3 is 3.05 bits per heavy atom. The predicted molar refractivity (Wildman–Crippen MR) is 81.2 cm³/mol. The maximum absolute atomic E-state index is 12.8. The molecule has 4 heteroatoms. The van der Waals surface area contributed by atoms with Gasteiger partial charge in [-0.05, 0) is 31.9 Å². The van der Waals surface area contributed by atoms with Gasteiger partial charge in [0.2, 0.25) is 0 Å². The molecule has 0 N–H and O–H groups in total. The second-order valence-electron chi connectivity index (χ2n) is 6.05. The molecule has 0 unspecified atom stereocenters. The maximum Gasteiger partial charge on any atom is 0.192 e. The number of rotatable bonds is 1. The largest absolute Gasteiger partial charge is 0.341 e. The quantitative estimate of drug-likeness (QED) is 0.751. The minimum Gasteiger partial charge on any atom is -0.341 e. The van der Waals surface area contributed by atoms with E-state index in [1.165, 1.54) is 0 Å². The average Bonchev–Trinajstić information content (AvgIpc) is 2.92. The highest BCUT2D eigenvalue weighted by atomic mass is 16.1. The first-order valence-electron chi connectivity index (χ1n) is 7.47. The van der Waals surface area contributed by atoms with Crippen LogP contribution in [0, 0.1) is 18.3 Å². The zero-order valence-corrected chi connectivity index (χ0v) is 12.1. The highest BCUT2D eigenvalue weighted by molar-refractivity contribution is 5.81. The van der Waals surface area contributed by atoms with Crippen LogP contribution in [0.3, 0.4) is 0 Å².